The zero-order chi connectivity index (χ0) is 9.61. The molecule has 0 heterocycles. The van der Waals surface area contributed by atoms with E-state index in [1.165, 1.54) is 0 Å². The SMILES string of the molecule is COC(=O)/C=C/NCC(F)(F)F. The summed E-state index contributed by atoms with van der Waals surface area (Å²) in [6.07, 6.45) is -2.52. The van der Waals surface area contributed by atoms with Crippen molar-refractivity contribution in [3.05, 3.63) is 12.3 Å². The first-order chi connectivity index (χ1) is 5.45. The van der Waals surface area contributed by atoms with Crippen LogP contribution in [0.1, 0.15) is 0 Å². The Kier molecular flexibility index (Phi) is 4.17. The number of hydrogen-bond donors (Lipinski definition) is 1. The van der Waals surface area contributed by atoms with Crippen molar-refractivity contribution < 1.29 is 22.7 Å². The van der Waals surface area contributed by atoms with Crippen molar-refractivity contribution in [1.82, 2.24) is 5.32 Å². The van der Waals surface area contributed by atoms with Crippen molar-refractivity contribution in [3.8, 4) is 0 Å². The van der Waals surface area contributed by atoms with Crippen LogP contribution >= 0.6 is 0 Å². The molecule has 0 aromatic rings. The molecule has 0 unspecified atom stereocenters. The van der Waals surface area contributed by atoms with Crippen LogP contribution in [0.5, 0.6) is 0 Å². The van der Waals surface area contributed by atoms with Gasteiger partial charge >= 0.3 is 12.1 Å². The Hall–Kier alpha value is -1.20. The fourth-order valence-corrected chi connectivity index (χ4v) is 0.370. The Morgan fingerprint density at radius 1 is 1.58 bits per heavy atom. The number of hydrogen-bond acceptors (Lipinski definition) is 3. The molecule has 70 valence electrons. The second-order valence-corrected chi connectivity index (χ2v) is 1.85. The summed E-state index contributed by atoms with van der Waals surface area (Å²) in [7, 11) is 1.14. The van der Waals surface area contributed by atoms with E-state index < -0.39 is 18.7 Å². The molecule has 0 radical (unpaired) electrons. The number of alkyl halides is 3. The van der Waals surface area contributed by atoms with Crippen LogP contribution in [0.3, 0.4) is 0 Å². The summed E-state index contributed by atoms with van der Waals surface area (Å²) in [5, 5.41) is 1.88. The predicted octanol–water partition coefficient (Wildman–Crippen LogP) is 0.825. The Balaban J connectivity index is 3.56. The maximum atomic E-state index is 11.4. The van der Waals surface area contributed by atoms with Crippen LogP contribution in [0, 0.1) is 0 Å². The van der Waals surface area contributed by atoms with Crippen LogP contribution < -0.4 is 5.32 Å². The average Bonchev–Trinajstić information content (AvgIpc) is 1.96. The fourth-order valence-electron chi connectivity index (χ4n) is 0.370. The van der Waals surface area contributed by atoms with E-state index in [9.17, 15) is 18.0 Å². The maximum absolute atomic E-state index is 11.4. The summed E-state index contributed by atoms with van der Waals surface area (Å²) in [4.78, 5) is 10.3. The fraction of sp³-hybridized carbons (Fsp3) is 0.500. The largest absolute Gasteiger partial charge is 0.466 e. The van der Waals surface area contributed by atoms with Crippen LogP contribution in [0.25, 0.3) is 0 Å². The Morgan fingerprint density at radius 2 is 2.17 bits per heavy atom. The van der Waals surface area contributed by atoms with E-state index in [-0.39, 0.29) is 0 Å². The van der Waals surface area contributed by atoms with Crippen molar-refractivity contribution in [2.24, 2.45) is 0 Å². The Bertz CT molecular complexity index is 176. The molecule has 0 rings (SSSR count). The molecule has 0 aliphatic carbocycles. The molecule has 0 fully saturated rings. The summed E-state index contributed by atoms with van der Waals surface area (Å²) in [6.45, 7) is -1.17. The number of carbonyl (C=O) groups is 1. The number of rotatable bonds is 3. The van der Waals surface area contributed by atoms with Gasteiger partial charge in [0.2, 0.25) is 0 Å². The standard InChI is InChI=1S/C6H8F3NO2/c1-12-5(11)2-3-10-4-6(7,8)9/h2-3,10H,4H2,1H3/b3-2+. The van der Waals surface area contributed by atoms with Gasteiger partial charge in [-0.05, 0) is 0 Å². The molecule has 1 N–H and O–H groups in total. The van der Waals surface area contributed by atoms with Crippen LogP contribution in [0.4, 0.5) is 13.2 Å². The van der Waals surface area contributed by atoms with Gasteiger partial charge in [0.1, 0.15) is 6.54 Å². The van der Waals surface area contributed by atoms with Gasteiger partial charge in [-0.3, -0.25) is 0 Å². The third kappa shape index (κ3) is 6.91. The first-order valence-corrected chi connectivity index (χ1v) is 3.00. The van der Waals surface area contributed by atoms with Gasteiger partial charge in [0, 0.05) is 12.3 Å². The first kappa shape index (κ1) is 10.8. The van der Waals surface area contributed by atoms with Gasteiger partial charge in [0.25, 0.3) is 0 Å². The molecule has 0 aromatic heterocycles. The zero-order valence-electron chi connectivity index (χ0n) is 6.31. The molecule has 0 atom stereocenters. The summed E-state index contributed by atoms with van der Waals surface area (Å²) < 4.78 is 38.5. The van der Waals surface area contributed by atoms with Gasteiger partial charge in [0.05, 0.1) is 7.11 Å². The van der Waals surface area contributed by atoms with Gasteiger partial charge in [-0.15, -0.1) is 0 Å². The van der Waals surface area contributed by atoms with E-state index in [2.05, 4.69) is 4.74 Å². The van der Waals surface area contributed by atoms with Crippen molar-refractivity contribution in [1.29, 1.82) is 0 Å². The van der Waals surface area contributed by atoms with Gasteiger partial charge in [-0.1, -0.05) is 0 Å². The lowest BCUT2D eigenvalue weighted by atomic mass is 10.6. The topological polar surface area (TPSA) is 38.3 Å². The minimum absolute atomic E-state index is 0.704. The molecule has 0 spiro atoms. The molecule has 0 amide bonds. The molecule has 0 aliphatic rings. The average molecular weight is 183 g/mol. The second-order valence-electron chi connectivity index (χ2n) is 1.85. The van der Waals surface area contributed by atoms with E-state index in [1.807, 2.05) is 5.32 Å². The Labute approximate surface area is 67.2 Å². The van der Waals surface area contributed by atoms with Gasteiger partial charge in [0.15, 0.2) is 0 Å². The molecule has 0 bridgehead atoms. The minimum Gasteiger partial charge on any atom is -0.466 e. The molecule has 6 heteroatoms. The monoisotopic (exact) mass is 183 g/mol. The smallest absolute Gasteiger partial charge is 0.405 e. The molecule has 0 saturated carbocycles. The number of ether oxygens (including phenoxy) is 1. The predicted molar refractivity (Wildman–Crippen MR) is 35.2 cm³/mol. The van der Waals surface area contributed by atoms with E-state index in [0.29, 0.717) is 0 Å². The highest BCUT2D eigenvalue weighted by atomic mass is 19.4. The van der Waals surface area contributed by atoms with Crippen LogP contribution in [0.15, 0.2) is 12.3 Å². The van der Waals surface area contributed by atoms with E-state index in [4.69, 9.17) is 0 Å². The maximum Gasteiger partial charge on any atom is 0.405 e. The second kappa shape index (κ2) is 4.63. The van der Waals surface area contributed by atoms with Crippen LogP contribution in [-0.4, -0.2) is 25.8 Å². The number of nitrogens with one attached hydrogen (secondary N) is 1. The van der Waals surface area contributed by atoms with Gasteiger partial charge in [-0.2, -0.15) is 13.2 Å². The highest BCUT2D eigenvalue weighted by molar-refractivity contribution is 5.81. The number of methoxy groups -OCH3 is 1. The molecular weight excluding hydrogens is 175 g/mol. The highest BCUT2D eigenvalue weighted by Crippen LogP contribution is 2.11. The van der Waals surface area contributed by atoms with Crippen LogP contribution in [0.2, 0.25) is 0 Å². The third-order valence-corrected chi connectivity index (χ3v) is 0.841. The molecular formula is C6H8F3NO2. The van der Waals surface area contributed by atoms with Gasteiger partial charge in [-0.25, -0.2) is 4.79 Å². The first-order valence-electron chi connectivity index (χ1n) is 3.00. The quantitative estimate of drug-likeness (QED) is 0.520. The number of carbonyl (C=O) groups excluding carboxylic acids is 1. The summed E-state index contributed by atoms with van der Waals surface area (Å²) in [5.41, 5.74) is 0. The highest BCUT2D eigenvalue weighted by Gasteiger charge is 2.25. The van der Waals surface area contributed by atoms with E-state index in [1.54, 1.807) is 0 Å². The summed E-state index contributed by atoms with van der Waals surface area (Å²) >= 11 is 0. The van der Waals surface area contributed by atoms with Gasteiger partial charge < -0.3 is 10.1 Å². The van der Waals surface area contributed by atoms with Crippen molar-refractivity contribution in [2.45, 2.75) is 6.18 Å². The lowest BCUT2D eigenvalue weighted by molar-refractivity contribution is -0.135. The summed E-state index contributed by atoms with van der Waals surface area (Å²) in [5.74, 6) is -0.704. The molecule has 0 saturated heterocycles. The lowest BCUT2D eigenvalue weighted by Crippen LogP contribution is -2.24. The minimum atomic E-state index is -4.28. The normalized spacial score (nSPS) is 11.7. The molecule has 0 aliphatic heterocycles. The summed E-state index contributed by atoms with van der Waals surface area (Å²) in [6, 6.07) is 0. The lowest BCUT2D eigenvalue weighted by Gasteiger charge is -2.04. The molecule has 12 heavy (non-hydrogen) atoms. The van der Waals surface area contributed by atoms with Crippen LogP contribution in [-0.2, 0) is 9.53 Å². The Morgan fingerprint density at radius 3 is 2.58 bits per heavy atom. The zero-order valence-corrected chi connectivity index (χ0v) is 6.31. The van der Waals surface area contributed by atoms with Crippen molar-refractivity contribution in [2.75, 3.05) is 13.7 Å². The molecule has 3 nitrogen and oxygen atoms in total. The number of esters is 1. The van der Waals surface area contributed by atoms with Crippen molar-refractivity contribution >= 4 is 5.97 Å². The van der Waals surface area contributed by atoms with E-state index in [0.717, 1.165) is 19.4 Å². The van der Waals surface area contributed by atoms with E-state index >= 15 is 0 Å². The number of halogens is 3. The van der Waals surface area contributed by atoms with Crippen molar-refractivity contribution in [3.63, 3.8) is 0 Å². The molecule has 0 aromatic carbocycles. The third-order valence-electron chi connectivity index (χ3n) is 0.841.